The Kier molecular flexibility index (Phi) is 4.83. The molecule has 1 aliphatic rings. The summed E-state index contributed by atoms with van der Waals surface area (Å²) >= 11 is 0. The Hall–Kier alpha value is -1.84. The van der Waals surface area contributed by atoms with Crippen LogP contribution < -0.4 is 0 Å². The van der Waals surface area contributed by atoms with Gasteiger partial charge in [0.25, 0.3) is 0 Å². The van der Waals surface area contributed by atoms with Crippen LogP contribution in [0.25, 0.3) is 0 Å². The van der Waals surface area contributed by atoms with E-state index in [1.807, 2.05) is 32.9 Å². The van der Waals surface area contributed by atoms with E-state index in [9.17, 15) is 9.59 Å². The van der Waals surface area contributed by atoms with Crippen LogP contribution in [0, 0.1) is 5.92 Å². The highest BCUT2D eigenvalue weighted by Crippen LogP contribution is 2.41. The Bertz CT molecular complexity index is 572. The number of carboxylic acid groups (broad SMARTS) is 1. The Morgan fingerprint density at radius 2 is 1.65 bits per heavy atom. The molecule has 1 fully saturated rings. The minimum Gasteiger partial charge on any atom is -0.478 e. The van der Waals surface area contributed by atoms with Gasteiger partial charge in [0.2, 0.25) is 0 Å². The van der Waals surface area contributed by atoms with Crippen molar-refractivity contribution in [2.45, 2.75) is 64.4 Å². The molecule has 1 saturated carbocycles. The van der Waals surface area contributed by atoms with E-state index in [1.54, 1.807) is 12.1 Å². The summed E-state index contributed by atoms with van der Waals surface area (Å²) in [5.74, 6) is -1.03. The first kappa shape index (κ1) is 17.5. The van der Waals surface area contributed by atoms with Crippen LogP contribution in [0.4, 0.5) is 0 Å². The number of benzene rings is 1. The fourth-order valence-electron chi connectivity index (χ4n) is 3.18. The van der Waals surface area contributed by atoms with Gasteiger partial charge in [0.15, 0.2) is 0 Å². The quantitative estimate of drug-likeness (QED) is 0.849. The van der Waals surface area contributed by atoms with Gasteiger partial charge in [0.05, 0.1) is 11.5 Å². The van der Waals surface area contributed by atoms with Gasteiger partial charge in [-0.3, -0.25) is 4.79 Å². The van der Waals surface area contributed by atoms with Gasteiger partial charge in [-0.1, -0.05) is 19.1 Å². The third kappa shape index (κ3) is 4.34. The van der Waals surface area contributed by atoms with Crippen molar-refractivity contribution in [3.8, 4) is 0 Å². The Balaban J connectivity index is 2.02. The maximum Gasteiger partial charge on any atom is 0.335 e. The van der Waals surface area contributed by atoms with Crippen molar-refractivity contribution in [2.24, 2.45) is 5.92 Å². The molecule has 0 radical (unpaired) electrons. The smallest absolute Gasteiger partial charge is 0.335 e. The first-order chi connectivity index (χ1) is 10.6. The largest absolute Gasteiger partial charge is 0.478 e. The molecule has 0 heterocycles. The summed E-state index contributed by atoms with van der Waals surface area (Å²) in [5.41, 5.74) is 1.00. The number of carbonyl (C=O) groups is 2. The van der Waals surface area contributed by atoms with Gasteiger partial charge >= 0.3 is 11.9 Å². The zero-order valence-electron chi connectivity index (χ0n) is 14.4. The highest BCUT2D eigenvalue weighted by atomic mass is 16.6. The molecule has 2 rings (SSSR count). The van der Waals surface area contributed by atoms with Crippen molar-refractivity contribution in [3.05, 3.63) is 35.4 Å². The number of ether oxygens (including phenoxy) is 1. The van der Waals surface area contributed by atoms with Gasteiger partial charge in [-0.15, -0.1) is 0 Å². The Morgan fingerprint density at radius 3 is 2.09 bits per heavy atom. The maximum atomic E-state index is 12.2. The fourth-order valence-corrected chi connectivity index (χ4v) is 3.18. The summed E-state index contributed by atoms with van der Waals surface area (Å²) in [5, 5.41) is 8.99. The molecule has 1 N–H and O–H groups in total. The first-order valence-electron chi connectivity index (χ1n) is 8.17. The van der Waals surface area contributed by atoms with E-state index in [0.29, 0.717) is 5.56 Å². The zero-order chi connectivity index (χ0) is 17.3. The van der Waals surface area contributed by atoms with Gasteiger partial charge in [-0.05, 0) is 69.6 Å². The third-order valence-electron chi connectivity index (χ3n) is 4.66. The van der Waals surface area contributed by atoms with Crippen molar-refractivity contribution in [2.75, 3.05) is 0 Å². The lowest BCUT2D eigenvalue weighted by molar-refractivity contribution is -0.161. The van der Waals surface area contributed by atoms with Crippen molar-refractivity contribution < 1.29 is 19.4 Å². The molecular formula is C19H26O4. The molecule has 0 saturated heterocycles. The summed E-state index contributed by atoms with van der Waals surface area (Å²) < 4.78 is 5.49. The van der Waals surface area contributed by atoms with Crippen LogP contribution >= 0.6 is 0 Å². The topological polar surface area (TPSA) is 63.6 Å². The molecule has 0 bridgehead atoms. The summed E-state index contributed by atoms with van der Waals surface area (Å²) in [6, 6.07) is 7.11. The molecule has 0 amide bonds. The summed E-state index contributed by atoms with van der Waals surface area (Å²) in [6.45, 7) is 7.86. The fraction of sp³-hybridized carbons (Fsp3) is 0.579. The van der Waals surface area contributed by atoms with Crippen molar-refractivity contribution >= 4 is 11.9 Å². The molecule has 0 aromatic heterocycles. The highest BCUT2D eigenvalue weighted by Gasteiger charge is 2.36. The number of carboxylic acids is 1. The number of rotatable bonds is 3. The summed E-state index contributed by atoms with van der Waals surface area (Å²) in [6.07, 6.45) is 3.44. The molecule has 1 aromatic rings. The molecule has 1 aliphatic carbocycles. The Labute approximate surface area is 137 Å². The number of aromatic carboxylic acids is 1. The number of esters is 1. The highest BCUT2D eigenvalue weighted by molar-refractivity contribution is 5.87. The average molecular weight is 318 g/mol. The van der Waals surface area contributed by atoms with E-state index in [1.165, 1.54) is 0 Å². The number of hydrogen-bond donors (Lipinski definition) is 1. The monoisotopic (exact) mass is 318 g/mol. The molecule has 0 spiro atoms. The maximum absolute atomic E-state index is 12.2. The number of hydrogen-bond acceptors (Lipinski definition) is 3. The van der Waals surface area contributed by atoms with Crippen LogP contribution in [0.5, 0.6) is 0 Å². The molecule has 4 heteroatoms. The van der Waals surface area contributed by atoms with Crippen LogP contribution in [0.1, 0.15) is 69.3 Å². The van der Waals surface area contributed by atoms with Crippen molar-refractivity contribution in [3.63, 3.8) is 0 Å². The van der Waals surface area contributed by atoms with E-state index in [4.69, 9.17) is 9.84 Å². The predicted octanol–water partition coefficient (Wildman–Crippen LogP) is 4.17. The van der Waals surface area contributed by atoms with Crippen LogP contribution in [0.2, 0.25) is 0 Å². The van der Waals surface area contributed by atoms with Gasteiger partial charge in [-0.2, -0.15) is 0 Å². The van der Waals surface area contributed by atoms with E-state index in [2.05, 4.69) is 6.92 Å². The summed E-state index contributed by atoms with van der Waals surface area (Å²) in [7, 11) is 0. The lowest BCUT2D eigenvalue weighted by atomic mass is 9.68. The standard InChI is InChI=1S/C19H26O4/c1-18(2,3)23-17(22)14-9-11-19(4,12-10-14)15-7-5-13(6-8-15)16(20)21/h5-8,14H,9-12H2,1-4H3,(H,20,21). The van der Waals surface area contributed by atoms with E-state index < -0.39 is 11.6 Å². The van der Waals surface area contributed by atoms with Crippen LogP contribution in [-0.4, -0.2) is 22.6 Å². The summed E-state index contributed by atoms with van der Waals surface area (Å²) in [4.78, 5) is 23.1. The Morgan fingerprint density at radius 1 is 1.13 bits per heavy atom. The minimum atomic E-state index is -0.907. The van der Waals surface area contributed by atoms with Crippen LogP contribution in [0.3, 0.4) is 0 Å². The normalized spacial score (nSPS) is 25.0. The predicted molar refractivity (Wildman–Crippen MR) is 88.6 cm³/mol. The van der Waals surface area contributed by atoms with Gasteiger partial charge < -0.3 is 9.84 Å². The van der Waals surface area contributed by atoms with Crippen molar-refractivity contribution in [1.82, 2.24) is 0 Å². The first-order valence-corrected chi connectivity index (χ1v) is 8.17. The molecule has 1 aromatic carbocycles. The minimum absolute atomic E-state index is 0.00442. The third-order valence-corrected chi connectivity index (χ3v) is 4.66. The molecule has 0 atom stereocenters. The number of carbonyl (C=O) groups excluding carboxylic acids is 1. The molecular weight excluding hydrogens is 292 g/mol. The second-order valence-corrected chi connectivity index (χ2v) is 7.75. The van der Waals surface area contributed by atoms with Crippen molar-refractivity contribution in [1.29, 1.82) is 0 Å². The van der Waals surface area contributed by atoms with E-state index in [0.717, 1.165) is 31.2 Å². The molecule has 0 unspecified atom stereocenters. The molecule has 23 heavy (non-hydrogen) atoms. The average Bonchev–Trinajstić information content (AvgIpc) is 2.46. The zero-order valence-corrected chi connectivity index (χ0v) is 14.4. The molecule has 0 aliphatic heterocycles. The van der Waals surface area contributed by atoms with Crippen LogP contribution in [-0.2, 0) is 14.9 Å². The van der Waals surface area contributed by atoms with E-state index >= 15 is 0 Å². The SMILES string of the molecule is CC(C)(C)OC(=O)C1CCC(C)(c2ccc(C(=O)O)cc2)CC1. The van der Waals surface area contributed by atoms with Crippen LogP contribution in [0.15, 0.2) is 24.3 Å². The molecule has 126 valence electrons. The lowest BCUT2D eigenvalue weighted by Crippen LogP contribution is -2.35. The second-order valence-electron chi connectivity index (χ2n) is 7.75. The van der Waals surface area contributed by atoms with Gasteiger partial charge in [0, 0.05) is 0 Å². The van der Waals surface area contributed by atoms with Gasteiger partial charge in [0.1, 0.15) is 5.60 Å². The lowest BCUT2D eigenvalue weighted by Gasteiger charge is -2.37. The van der Waals surface area contributed by atoms with E-state index in [-0.39, 0.29) is 17.3 Å². The van der Waals surface area contributed by atoms with Gasteiger partial charge in [-0.25, -0.2) is 4.79 Å². The second kappa shape index (κ2) is 6.34. The molecule has 4 nitrogen and oxygen atoms in total.